The molecule has 0 saturated carbocycles. The second-order valence-corrected chi connectivity index (χ2v) is 7.19. The van der Waals surface area contributed by atoms with Crippen LogP contribution in [0, 0.1) is 0 Å². The minimum absolute atomic E-state index is 0.321. The number of ether oxygens (including phenoxy) is 2. The standard InChI is InChI=1S/C18H26ClNO2/c1-18(7-11-22-12-8-18)20-9-5-14(6-10-20)16-13-15(19)3-4-17(16)21-2/h3-4,13-14H,5-12H2,1-2H3. The molecule has 0 radical (unpaired) electrons. The van der Waals surface area contributed by atoms with Gasteiger partial charge in [-0.2, -0.15) is 0 Å². The third-order valence-corrected chi connectivity index (χ3v) is 5.70. The van der Waals surface area contributed by atoms with Crippen LogP contribution in [0.15, 0.2) is 18.2 Å². The van der Waals surface area contributed by atoms with Gasteiger partial charge in [-0.15, -0.1) is 0 Å². The zero-order valence-corrected chi connectivity index (χ0v) is 14.4. The summed E-state index contributed by atoms with van der Waals surface area (Å²) in [7, 11) is 1.74. The summed E-state index contributed by atoms with van der Waals surface area (Å²) in [6.07, 6.45) is 4.65. The predicted molar refractivity (Wildman–Crippen MR) is 90.0 cm³/mol. The zero-order chi connectivity index (χ0) is 15.6. The van der Waals surface area contributed by atoms with Gasteiger partial charge in [-0.1, -0.05) is 11.6 Å². The quantitative estimate of drug-likeness (QED) is 0.836. The summed E-state index contributed by atoms with van der Waals surface area (Å²) in [6, 6.07) is 5.97. The molecule has 0 spiro atoms. The minimum atomic E-state index is 0.321. The molecule has 4 heteroatoms. The number of hydrogen-bond acceptors (Lipinski definition) is 3. The van der Waals surface area contributed by atoms with Crippen LogP contribution in [0.4, 0.5) is 0 Å². The molecule has 0 unspecified atom stereocenters. The predicted octanol–water partition coefficient (Wildman–Crippen LogP) is 4.10. The van der Waals surface area contributed by atoms with Crippen molar-refractivity contribution in [2.45, 2.75) is 44.1 Å². The summed E-state index contributed by atoms with van der Waals surface area (Å²) in [4.78, 5) is 2.67. The Morgan fingerprint density at radius 3 is 2.55 bits per heavy atom. The van der Waals surface area contributed by atoms with Gasteiger partial charge in [0.25, 0.3) is 0 Å². The monoisotopic (exact) mass is 323 g/mol. The van der Waals surface area contributed by atoms with Crippen molar-refractivity contribution < 1.29 is 9.47 Å². The van der Waals surface area contributed by atoms with Gasteiger partial charge in [0, 0.05) is 23.8 Å². The lowest BCUT2D eigenvalue weighted by atomic mass is 9.83. The summed E-state index contributed by atoms with van der Waals surface area (Å²) in [5.41, 5.74) is 1.59. The Balaban J connectivity index is 1.68. The average molecular weight is 324 g/mol. The molecule has 3 rings (SSSR count). The highest BCUT2D eigenvalue weighted by Crippen LogP contribution is 2.39. The highest BCUT2D eigenvalue weighted by atomic mass is 35.5. The van der Waals surface area contributed by atoms with Gasteiger partial charge in [-0.3, -0.25) is 4.90 Å². The topological polar surface area (TPSA) is 21.7 Å². The fourth-order valence-electron chi connectivity index (χ4n) is 3.88. The van der Waals surface area contributed by atoms with Gasteiger partial charge >= 0.3 is 0 Å². The molecule has 3 nitrogen and oxygen atoms in total. The van der Waals surface area contributed by atoms with Crippen molar-refractivity contribution in [1.29, 1.82) is 0 Å². The minimum Gasteiger partial charge on any atom is -0.496 e. The van der Waals surface area contributed by atoms with Gasteiger partial charge < -0.3 is 9.47 Å². The number of benzene rings is 1. The normalized spacial score (nSPS) is 23.4. The molecule has 0 atom stereocenters. The number of rotatable bonds is 3. The van der Waals surface area contributed by atoms with Crippen molar-refractivity contribution in [3.8, 4) is 5.75 Å². The highest BCUT2D eigenvalue weighted by Gasteiger charge is 2.36. The molecule has 1 aromatic carbocycles. The van der Waals surface area contributed by atoms with Crippen LogP contribution < -0.4 is 4.74 Å². The molecule has 2 fully saturated rings. The fourth-order valence-corrected chi connectivity index (χ4v) is 4.06. The highest BCUT2D eigenvalue weighted by molar-refractivity contribution is 6.30. The molecule has 2 heterocycles. The van der Waals surface area contributed by atoms with Crippen LogP contribution in [0.1, 0.15) is 44.1 Å². The Hall–Kier alpha value is -0.770. The lowest BCUT2D eigenvalue weighted by Gasteiger charge is -2.47. The van der Waals surface area contributed by atoms with Gasteiger partial charge in [0.2, 0.25) is 0 Å². The first kappa shape index (κ1) is 16.1. The van der Waals surface area contributed by atoms with Crippen LogP contribution in [0.25, 0.3) is 0 Å². The second kappa shape index (κ2) is 6.77. The molecule has 2 aliphatic rings. The summed E-state index contributed by atoms with van der Waals surface area (Å²) < 4.78 is 11.1. The van der Waals surface area contributed by atoms with E-state index in [0.717, 1.165) is 49.9 Å². The van der Waals surface area contributed by atoms with Gasteiger partial charge in [0.15, 0.2) is 0 Å². The number of hydrogen-bond donors (Lipinski definition) is 0. The van der Waals surface area contributed by atoms with E-state index in [4.69, 9.17) is 21.1 Å². The van der Waals surface area contributed by atoms with Crippen LogP contribution in [0.3, 0.4) is 0 Å². The lowest BCUT2D eigenvalue weighted by molar-refractivity contribution is -0.0284. The molecule has 0 aromatic heterocycles. The van der Waals surface area contributed by atoms with Crippen LogP contribution in [-0.4, -0.2) is 43.9 Å². The molecule has 2 saturated heterocycles. The molecule has 122 valence electrons. The van der Waals surface area contributed by atoms with E-state index in [1.54, 1.807) is 7.11 Å². The maximum Gasteiger partial charge on any atom is 0.122 e. The second-order valence-electron chi connectivity index (χ2n) is 6.76. The molecule has 2 aliphatic heterocycles. The van der Waals surface area contributed by atoms with Crippen LogP contribution in [0.5, 0.6) is 5.75 Å². The summed E-state index contributed by atoms with van der Waals surface area (Å²) >= 11 is 6.19. The summed E-state index contributed by atoms with van der Waals surface area (Å²) in [6.45, 7) is 6.50. The smallest absolute Gasteiger partial charge is 0.122 e. The maximum absolute atomic E-state index is 6.19. The Labute approximate surface area is 138 Å². The maximum atomic E-state index is 6.19. The summed E-state index contributed by atoms with van der Waals surface area (Å²) in [5.74, 6) is 1.52. The number of nitrogens with zero attached hydrogens (tertiary/aromatic N) is 1. The van der Waals surface area contributed by atoms with Crippen molar-refractivity contribution in [1.82, 2.24) is 4.90 Å². The Kier molecular flexibility index (Phi) is 4.96. The SMILES string of the molecule is COc1ccc(Cl)cc1C1CCN(C2(C)CCOCC2)CC1. The van der Waals surface area contributed by atoms with E-state index in [0.29, 0.717) is 11.5 Å². The molecule has 0 aliphatic carbocycles. The number of halogens is 1. The van der Waals surface area contributed by atoms with Crippen LogP contribution in [0.2, 0.25) is 5.02 Å². The zero-order valence-electron chi connectivity index (χ0n) is 13.6. The third kappa shape index (κ3) is 3.27. The molecular formula is C18H26ClNO2. The third-order valence-electron chi connectivity index (χ3n) is 5.46. The van der Waals surface area contributed by atoms with E-state index < -0.39 is 0 Å². The lowest BCUT2D eigenvalue weighted by Crippen LogP contribution is -2.52. The molecule has 22 heavy (non-hydrogen) atoms. The van der Waals surface area contributed by atoms with Crippen molar-refractivity contribution in [2.24, 2.45) is 0 Å². The van der Waals surface area contributed by atoms with Gasteiger partial charge in [0.05, 0.1) is 7.11 Å². The van der Waals surface area contributed by atoms with E-state index >= 15 is 0 Å². The van der Waals surface area contributed by atoms with E-state index in [1.807, 2.05) is 12.1 Å². The first-order chi connectivity index (χ1) is 10.6. The molecule has 0 N–H and O–H groups in total. The number of piperidine rings is 1. The van der Waals surface area contributed by atoms with Gasteiger partial charge in [0.1, 0.15) is 5.75 Å². The number of methoxy groups -OCH3 is 1. The fraction of sp³-hybridized carbons (Fsp3) is 0.667. The van der Waals surface area contributed by atoms with E-state index in [1.165, 1.54) is 18.4 Å². The molecular weight excluding hydrogens is 298 g/mol. The molecule has 1 aromatic rings. The Morgan fingerprint density at radius 2 is 1.91 bits per heavy atom. The van der Waals surface area contributed by atoms with Crippen molar-refractivity contribution in [2.75, 3.05) is 33.4 Å². The van der Waals surface area contributed by atoms with Crippen LogP contribution in [-0.2, 0) is 4.74 Å². The first-order valence-corrected chi connectivity index (χ1v) is 8.66. The molecule has 0 bridgehead atoms. The summed E-state index contributed by atoms with van der Waals surface area (Å²) in [5, 5.41) is 0.801. The van der Waals surface area contributed by atoms with E-state index in [-0.39, 0.29) is 0 Å². The van der Waals surface area contributed by atoms with Crippen molar-refractivity contribution >= 4 is 11.6 Å². The van der Waals surface area contributed by atoms with E-state index in [2.05, 4.69) is 17.9 Å². The Morgan fingerprint density at radius 1 is 1.23 bits per heavy atom. The van der Waals surface area contributed by atoms with Crippen LogP contribution >= 0.6 is 11.6 Å². The van der Waals surface area contributed by atoms with Gasteiger partial charge in [-0.05, 0) is 75.4 Å². The average Bonchev–Trinajstić information content (AvgIpc) is 2.56. The van der Waals surface area contributed by atoms with E-state index in [9.17, 15) is 0 Å². The Bertz CT molecular complexity index is 506. The molecule has 0 amide bonds. The number of likely N-dealkylation sites (tertiary alicyclic amines) is 1. The van der Waals surface area contributed by atoms with Crippen molar-refractivity contribution in [3.05, 3.63) is 28.8 Å². The largest absolute Gasteiger partial charge is 0.496 e. The van der Waals surface area contributed by atoms with Crippen molar-refractivity contribution in [3.63, 3.8) is 0 Å². The van der Waals surface area contributed by atoms with Gasteiger partial charge in [-0.25, -0.2) is 0 Å². The first-order valence-electron chi connectivity index (χ1n) is 8.29.